The summed E-state index contributed by atoms with van der Waals surface area (Å²) < 4.78 is 10.5. The first-order valence-corrected chi connectivity index (χ1v) is 5.11. The van der Waals surface area contributed by atoms with E-state index in [0.29, 0.717) is 6.61 Å². The van der Waals surface area contributed by atoms with Gasteiger partial charge in [-0.25, -0.2) is 0 Å². The molecule has 1 aliphatic heterocycles. The van der Waals surface area contributed by atoms with Crippen LogP contribution in [0.4, 0.5) is 0 Å². The number of aliphatic hydroxyl groups excluding tert-OH is 3. The molecular weight excluding hydrogens is 202 g/mol. The number of hydrogen-bond acceptors (Lipinski definition) is 6. The zero-order valence-electron chi connectivity index (χ0n) is 8.74. The van der Waals surface area contributed by atoms with E-state index in [2.05, 4.69) is 0 Å². The van der Waals surface area contributed by atoms with Gasteiger partial charge in [0.1, 0.15) is 18.3 Å². The van der Waals surface area contributed by atoms with Crippen molar-refractivity contribution in [2.75, 3.05) is 13.2 Å². The molecule has 6 heteroatoms. The minimum atomic E-state index is -1.17. The highest BCUT2D eigenvalue weighted by molar-refractivity contribution is 4.91. The molecule has 0 aromatic heterocycles. The summed E-state index contributed by atoms with van der Waals surface area (Å²) in [6, 6.07) is -0.797. The number of aliphatic hydroxyl groups is 3. The normalized spacial score (nSPS) is 41.8. The molecule has 0 radical (unpaired) electrons. The fourth-order valence-corrected chi connectivity index (χ4v) is 1.49. The van der Waals surface area contributed by atoms with Gasteiger partial charge in [-0.15, -0.1) is 0 Å². The molecule has 0 amide bonds. The Hall–Kier alpha value is -0.240. The molecule has 1 rings (SSSR count). The van der Waals surface area contributed by atoms with E-state index in [0.717, 1.165) is 6.42 Å². The molecule has 5 atom stereocenters. The molecule has 0 aromatic rings. The lowest BCUT2D eigenvalue weighted by molar-refractivity contribution is -0.265. The van der Waals surface area contributed by atoms with Gasteiger partial charge in [0, 0.05) is 6.61 Å². The summed E-state index contributed by atoms with van der Waals surface area (Å²) >= 11 is 0. The van der Waals surface area contributed by atoms with Crippen LogP contribution in [0.15, 0.2) is 0 Å². The molecule has 0 aromatic carbocycles. The maximum absolute atomic E-state index is 9.57. The van der Waals surface area contributed by atoms with Crippen molar-refractivity contribution in [3.05, 3.63) is 0 Å². The molecule has 1 aliphatic rings. The molecule has 0 saturated carbocycles. The van der Waals surface area contributed by atoms with Crippen LogP contribution in [-0.4, -0.2) is 59.2 Å². The molecule has 1 fully saturated rings. The van der Waals surface area contributed by atoms with Gasteiger partial charge in [-0.1, -0.05) is 6.92 Å². The van der Waals surface area contributed by atoms with E-state index in [1.165, 1.54) is 0 Å². The highest BCUT2D eigenvalue weighted by Crippen LogP contribution is 2.20. The van der Waals surface area contributed by atoms with Crippen LogP contribution in [0.3, 0.4) is 0 Å². The Morgan fingerprint density at radius 2 is 2.00 bits per heavy atom. The Morgan fingerprint density at radius 3 is 2.53 bits per heavy atom. The third kappa shape index (κ3) is 2.87. The Balaban J connectivity index is 2.57. The molecule has 0 aliphatic carbocycles. The van der Waals surface area contributed by atoms with Gasteiger partial charge in [0.2, 0.25) is 0 Å². The molecule has 15 heavy (non-hydrogen) atoms. The maximum atomic E-state index is 9.57. The van der Waals surface area contributed by atoms with Gasteiger partial charge >= 0.3 is 0 Å². The monoisotopic (exact) mass is 221 g/mol. The minimum absolute atomic E-state index is 0.378. The minimum Gasteiger partial charge on any atom is -0.394 e. The standard InChI is InChI=1S/C9H19NO5/c1-2-3-14-9-6(10)8(13)7(12)5(4-11)15-9/h5-9,11-13H,2-4,10H2,1H3/t5-,6+,7-,8-,9+/m1/s1. The van der Waals surface area contributed by atoms with Crippen LogP contribution in [0.1, 0.15) is 13.3 Å². The summed E-state index contributed by atoms with van der Waals surface area (Å²) in [6.07, 6.45) is -3.14. The van der Waals surface area contributed by atoms with E-state index in [9.17, 15) is 10.2 Å². The first-order chi connectivity index (χ1) is 7.11. The second-order valence-corrected chi connectivity index (χ2v) is 3.65. The van der Waals surface area contributed by atoms with Crippen molar-refractivity contribution in [1.82, 2.24) is 0 Å². The van der Waals surface area contributed by atoms with Crippen molar-refractivity contribution in [3.63, 3.8) is 0 Å². The molecule has 0 spiro atoms. The van der Waals surface area contributed by atoms with E-state index in [-0.39, 0.29) is 6.61 Å². The lowest BCUT2D eigenvalue weighted by Crippen LogP contribution is -2.62. The van der Waals surface area contributed by atoms with Crippen molar-refractivity contribution in [2.24, 2.45) is 5.73 Å². The van der Waals surface area contributed by atoms with Crippen molar-refractivity contribution in [3.8, 4) is 0 Å². The van der Waals surface area contributed by atoms with E-state index in [1.807, 2.05) is 6.92 Å². The van der Waals surface area contributed by atoms with Gasteiger partial charge in [-0.05, 0) is 6.42 Å². The predicted molar refractivity (Wildman–Crippen MR) is 52.0 cm³/mol. The lowest BCUT2D eigenvalue weighted by atomic mass is 9.98. The summed E-state index contributed by atoms with van der Waals surface area (Å²) in [5.74, 6) is 0. The van der Waals surface area contributed by atoms with Crippen molar-refractivity contribution >= 4 is 0 Å². The van der Waals surface area contributed by atoms with E-state index >= 15 is 0 Å². The number of rotatable bonds is 4. The van der Waals surface area contributed by atoms with Gasteiger partial charge in [0.25, 0.3) is 0 Å². The van der Waals surface area contributed by atoms with Crippen LogP contribution in [0.5, 0.6) is 0 Å². The van der Waals surface area contributed by atoms with Gasteiger partial charge < -0.3 is 30.5 Å². The molecular formula is C9H19NO5. The van der Waals surface area contributed by atoms with Crippen LogP contribution in [0.2, 0.25) is 0 Å². The fourth-order valence-electron chi connectivity index (χ4n) is 1.49. The number of nitrogens with two attached hydrogens (primary N) is 1. The van der Waals surface area contributed by atoms with Gasteiger partial charge in [-0.3, -0.25) is 0 Å². The summed E-state index contributed by atoms with van der Waals surface area (Å²) in [5.41, 5.74) is 5.63. The largest absolute Gasteiger partial charge is 0.394 e. The van der Waals surface area contributed by atoms with Gasteiger partial charge in [-0.2, -0.15) is 0 Å². The Labute approximate surface area is 88.6 Å². The zero-order chi connectivity index (χ0) is 11.4. The predicted octanol–water partition coefficient (Wildman–Crippen LogP) is -1.82. The molecule has 90 valence electrons. The Bertz CT molecular complexity index is 189. The molecule has 0 unspecified atom stereocenters. The van der Waals surface area contributed by atoms with Gasteiger partial charge in [0.15, 0.2) is 6.29 Å². The quantitative estimate of drug-likeness (QED) is 0.445. The van der Waals surface area contributed by atoms with E-state index < -0.39 is 30.6 Å². The average Bonchev–Trinajstić information content (AvgIpc) is 2.25. The first kappa shape index (κ1) is 12.8. The smallest absolute Gasteiger partial charge is 0.175 e. The van der Waals surface area contributed by atoms with Crippen molar-refractivity contribution in [1.29, 1.82) is 0 Å². The maximum Gasteiger partial charge on any atom is 0.175 e. The SMILES string of the molecule is CCCO[C@H]1O[C@H](CO)[C@@H](O)[C@H](O)[C@@H]1N. The topological polar surface area (TPSA) is 105 Å². The second kappa shape index (κ2) is 5.74. The lowest BCUT2D eigenvalue weighted by Gasteiger charge is -2.40. The Morgan fingerprint density at radius 1 is 1.33 bits per heavy atom. The van der Waals surface area contributed by atoms with E-state index in [1.54, 1.807) is 0 Å². The highest BCUT2D eigenvalue weighted by atomic mass is 16.7. The summed E-state index contributed by atoms with van der Waals surface area (Å²) in [4.78, 5) is 0. The third-order valence-corrected chi connectivity index (χ3v) is 2.41. The molecule has 0 bridgehead atoms. The molecule has 1 saturated heterocycles. The highest BCUT2D eigenvalue weighted by Gasteiger charge is 2.42. The number of ether oxygens (including phenoxy) is 2. The average molecular weight is 221 g/mol. The third-order valence-electron chi connectivity index (χ3n) is 2.41. The van der Waals surface area contributed by atoms with Crippen molar-refractivity contribution in [2.45, 2.75) is 44.0 Å². The van der Waals surface area contributed by atoms with Crippen LogP contribution in [0, 0.1) is 0 Å². The van der Waals surface area contributed by atoms with Crippen LogP contribution < -0.4 is 5.73 Å². The Kier molecular flexibility index (Phi) is 4.91. The molecule has 1 heterocycles. The zero-order valence-corrected chi connectivity index (χ0v) is 8.74. The van der Waals surface area contributed by atoms with Crippen LogP contribution in [0.25, 0.3) is 0 Å². The second-order valence-electron chi connectivity index (χ2n) is 3.65. The fraction of sp³-hybridized carbons (Fsp3) is 1.00. The molecule has 5 N–H and O–H groups in total. The number of hydrogen-bond donors (Lipinski definition) is 4. The summed E-state index contributed by atoms with van der Waals surface area (Å²) in [7, 11) is 0. The first-order valence-electron chi connectivity index (χ1n) is 5.11. The van der Waals surface area contributed by atoms with E-state index in [4.69, 9.17) is 20.3 Å². The van der Waals surface area contributed by atoms with Crippen molar-refractivity contribution < 1.29 is 24.8 Å². The van der Waals surface area contributed by atoms with Crippen LogP contribution >= 0.6 is 0 Å². The van der Waals surface area contributed by atoms with Gasteiger partial charge in [0.05, 0.1) is 12.6 Å². The molecule has 6 nitrogen and oxygen atoms in total. The summed E-state index contributed by atoms with van der Waals surface area (Å²) in [6.45, 7) is 2.01. The summed E-state index contributed by atoms with van der Waals surface area (Å²) in [5, 5.41) is 28.0. The van der Waals surface area contributed by atoms with Crippen LogP contribution in [-0.2, 0) is 9.47 Å².